The average molecular weight is 398 g/mol. The van der Waals surface area contributed by atoms with Gasteiger partial charge in [-0.15, -0.1) is 24.8 Å². The number of halogens is 2. The third-order valence-electron chi connectivity index (χ3n) is 4.13. The largest absolute Gasteiger partial charge is 0.399 e. The van der Waals surface area contributed by atoms with Crippen LogP contribution in [0.3, 0.4) is 0 Å². The minimum atomic E-state index is 0. The smallest absolute Gasteiger partial charge is 0.220 e. The Morgan fingerprint density at radius 1 is 1.12 bits per heavy atom. The van der Waals surface area contributed by atoms with Gasteiger partial charge in [-0.2, -0.15) is 0 Å². The molecular formula is C20H29Cl2N3O. The highest BCUT2D eigenvalue weighted by molar-refractivity contribution is 5.85. The maximum absolute atomic E-state index is 12.0. The van der Waals surface area contributed by atoms with E-state index in [1.165, 1.54) is 11.3 Å². The van der Waals surface area contributed by atoms with Crippen molar-refractivity contribution in [3.8, 4) is 0 Å². The molecule has 2 aromatic carbocycles. The lowest BCUT2D eigenvalue weighted by Crippen LogP contribution is -2.35. The zero-order valence-electron chi connectivity index (χ0n) is 15.4. The number of carbonyl (C=O) groups excluding carboxylic acids is 1. The maximum atomic E-state index is 12.0. The zero-order valence-corrected chi connectivity index (χ0v) is 17.0. The van der Waals surface area contributed by atoms with Crippen molar-refractivity contribution >= 4 is 42.1 Å². The number of benzene rings is 2. The number of nitrogens with two attached hydrogens (primary N) is 1. The number of nitrogens with one attached hydrogen (secondary N) is 1. The fraction of sp³-hybridized carbons (Fsp3) is 0.350. The monoisotopic (exact) mass is 397 g/mol. The molecule has 0 radical (unpaired) electrons. The van der Waals surface area contributed by atoms with Gasteiger partial charge in [0.15, 0.2) is 0 Å². The van der Waals surface area contributed by atoms with E-state index in [2.05, 4.69) is 48.3 Å². The van der Waals surface area contributed by atoms with Gasteiger partial charge in [0, 0.05) is 37.4 Å². The van der Waals surface area contributed by atoms with Gasteiger partial charge < -0.3 is 16.0 Å². The number of hydrogen-bond donors (Lipinski definition) is 2. The Balaban J connectivity index is 0.00000312. The molecule has 144 valence electrons. The highest BCUT2D eigenvalue weighted by Crippen LogP contribution is 2.15. The van der Waals surface area contributed by atoms with E-state index in [0.29, 0.717) is 19.4 Å². The summed E-state index contributed by atoms with van der Waals surface area (Å²) in [4.78, 5) is 14.3. The number of para-hydroxylation sites is 1. The van der Waals surface area contributed by atoms with Crippen LogP contribution in [-0.4, -0.2) is 25.5 Å². The number of carbonyl (C=O) groups is 1. The van der Waals surface area contributed by atoms with Crippen molar-refractivity contribution in [2.45, 2.75) is 26.7 Å². The van der Waals surface area contributed by atoms with Crippen molar-refractivity contribution in [3.05, 3.63) is 59.7 Å². The lowest BCUT2D eigenvalue weighted by atomic mass is 10.1. The molecule has 0 bridgehead atoms. The van der Waals surface area contributed by atoms with Gasteiger partial charge in [0.05, 0.1) is 0 Å². The van der Waals surface area contributed by atoms with Crippen LogP contribution >= 0.6 is 24.8 Å². The first-order valence-electron chi connectivity index (χ1n) is 8.52. The van der Waals surface area contributed by atoms with E-state index < -0.39 is 0 Å². The molecule has 0 aliphatic heterocycles. The van der Waals surface area contributed by atoms with Gasteiger partial charge >= 0.3 is 0 Å². The summed E-state index contributed by atoms with van der Waals surface area (Å²) < 4.78 is 0. The summed E-state index contributed by atoms with van der Waals surface area (Å²) in [7, 11) is 0. The van der Waals surface area contributed by atoms with Crippen molar-refractivity contribution in [1.29, 1.82) is 0 Å². The predicted molar refractivity (Wildman–Crippen MR) is 116 cm³/mol. The van der Waals surface area contributed by atoms with Crippen molar-refractivity contribution in [1.82, 2.24) is 5.32 Å². The van der Waals surface area contributed by atoms with Crippen LogP contribution < -0.4 is 16.0 Å². The molecule has 0 fully saturated rings. The number of aryl methyl sites for hydroxylation is 2. The molecule has 4 nitrogen and oxygen atoms in total. The predicted octanol–water partition coefficient (Wildman–Crippen LogP) is 4.00. The Hall–Kier alpha value is -1.91. The molecule has 2 rings (SSSR count). The fourth-order valence-electron chi connectivity index (χ4n) is 2.72. The molecule has 0 spiro atoms. The molecule has 6 heteroatoms. The molecule has 0 saturated carbocycles. The van der Waals surface area contributed by atoms with Crippen LogP contribution in [0.4, 0.5) is 11.4 Å². The number of likely N-dealkylation sites (N-methyl/N-ethyl adjacent to an activating group) is 1. The number of rotatable bonds is 8. The Kier molecular flexibility index (Phi) is 11.5. The van der Waals surface area contributed by atoms with E-state index in [4.69, 9.17) is 5.73 Å². The first kappa shape index (κ1) is 24.1. The lowest BCUT2D eigenvalue weighted by molar-refractivity contribution is -0.120. The van der Waals surface area contributed by atoms with Gasteiger partial charge in [-0.05, 0) is 49.6 Å². The second kappa shape index (κ2) is 12.4. The molecule has 0 aliphatic carbocycles. The molecule has 26 heavy (non-hydrogen) atoms. The molecule has 3 N–H and O–H groups in total. The number of nitrogen functional groups attached to an aromatic ring is 1. The summed E-state index contributed by atoms with van der Waals surface area (Å²) in [6, 6.07) is 16.1. The summed E-state index contributed by atoms with van der Waals surface area (Å²) in [5.41, 5.74) is 10.1. The van der Waals surface area contributed by atoms with Gasteiger partial charge in [0.2, 0.25) is 5.91 Å². The van der Waals surface area contributed by atoms with Crippen LogP contribution in [0.1, 0.15) is 24.5 Å². The first-order valence-corrected chi connectivity index (χ1v) is 8.52. The summed E-state index contributed by atoms with van der Waals surface area (Å²) in [6.45, 7) is 6.58. The van der Waals surface area contributed by atoms with Crippen LogP contribution in [0.5, 0.6) is 0 Å². The molecule has 1 amide bonds. The maximum Gasteiger partial charge on any atom is 0.220 e. The van der Waals surface area contributed by atoms with Gasteiger partial charge in [0.1, 0.15) is 0 Å². The number of anilines is 2. The summed E-state index contributed by atoms with van der Waals surface area (Å²) in [5, 5.41) is 3.00. The van der Waals surface area contributed by atoms with Crippen molar-refractivity contribution in [2.75, 3.05) is 30.3 Å². The van der Waals surface area contributed by atoms with E-state index in [1.54, 1.807) is 0 Å². The Labute approximate surface area is 169 Å². The van der Waals surface area contributed by atoms with Crippen molar-refractivity contribution < 1.29 is 4.79 Å². The third kappa shape index (κ3) is 7.54. The zero-order chi connectivity index (χ0) is 17.4. The van der Waals surface area contributed by atoms with Crippen molar-refractivity contribution in [3.63, 3.8) is 0 Å². The van der Waals surface area contributed by atoms with Crippen LogP contribution in [-0.2, 0) is 11.2 Å². The minimum absolute atomic E-state index is 0. The van der Waals surface area contributed by atoms with Gasteiger partial charge in [-0.25, -0.2) is 0 Å². The Morgan fingerprint density at radius 3 is 2.50 bits per heavy atom. The molecule has 0 heterocycles. The number of hydrogen-bond acceptors (Lipinski definition) is 3. The molecule has 0 unspecified atom stereocenters. The van der Waals surface area contributed by atoms with Crippen LogP contribution in [0.15, 0.2) is 48.5 Å². The van der Waals surface area contributed by atoms with Crippen LogP contribution in [0.2, 0.25) is 0 Å². The quantitative estimate of drug-likeness (QED) is 0.661. The summed E-state index contributed by atoms with van der Waals surface area (Å²) in [5.74, 6) is 0.0681. The fourth-order valence-corrected chi connectivity index (χ4v) is 2.72. The number of nitrogens with zero attached hydrogens (tertiary/aromatic N) is 1. The molecule has 0 atom stereocenters. The Bertz CT molecular complexity index is 680. The highest BCUT2D eigenvalue weighted by atomic mass is 35.5. The number of amides is 1. The van der Waals surface area contributed by atoms with Gasteiger partial charge in [-0.3, -0.25) is 4.79 Å². The molecule has 2 aromatic rings. The Morgan fingerprint density at radius 2 is 1.85 bits per heavy atom. The van der Waals surface area contributed by atoms with Gasteiger partial charge in [0.25, 0.3) is 0 Å². The normalized spacial score (nSPS) is 9.62. The third-order valence-corrected chi connectivity index (χ3v) is 4.13. The second-order valence-corrected chi connectivity index (χ2v) is 5.97. The van der Waals surface area contributed by atoms with Crippen LogP contribution in [0, 0.1) is 6.92 Å². The first-order chi connectivity index (χ1) is 11.6. The van der Waals surface area contributed by atoms with Crippen LogP contribution in [0.25, 0.3) is 0 Å². The van der Waals surface area contributed by atoms with Crippen molar-refractivity contribution in [2.24, 2.45) is 0 Å². The van der Waals surface area contributed by atoms with E-state index in [0.717, 1.165) is 24.3 Å². The van der Waals surface area contributed by atoms with E-state index >= 15 is 0 Å². The SMILES string of the molecule is CCN(CCNC(=O)CCc1ccccc1N)c1cccc(C)c1.Cl.Cl. The van der Waals surface area contributed by atoms with E-state index in [1.807, 2.05) is 24.3 Å². The summed E-state index contributed by atoms with van der Waals surface area (Å²) in [6.07, 6.45) is 1.14. The highest BCUT2D eigenvalue weighted by Gasteiger charge is 2.07. The summed E-state index contributed by atoms with van der Waals surface area (Å²) >= 11 is 0. The standard InChI is InChI=1S/C20H27N3O.2ClH/c1-3-23(18-9-6-7-16(2)15-18)14-13-22-20(24)12-11-17-8-4-5-10-19(17)21;;/h4-10,15H,3,11-14,21H2,1-2H3,(H,22,24);2*1H. The van der Waals surface area contributed by atoms with E-state index in [-0.39, 0.29) is 30.7 Å². The topological polar surface area (TPSA) is 58.4 Å². The second-order valence-electron chi connectivity index (χ2n) is 5.97. The molecule has 0 aromatic heterocycles. The molecule has 0 aliphatic rings. The lowest BCUT2D eigenvalue weighted by Gasteiger charge is -2.23. The van der Waals surface area contributed by atoms with Gasteiger partial charge in [-0.1, -0.05) is 30.3 Å². The minimum Gasteiger partial charge on any atom is -0.399 e. The average Bonchev–Trinajstić information content (AvgIpc) is 2.58. The molecule has 0 saturated heterocycles. The molecular weight excluding hydrogens is 369 g/mol. The van der Waals surface area contributed by atoms with E-state index in [9.17, 15) is 4.79 Å².